The maximum atomic E-state index is 13.0. The van der Waals surface area contributed by atoms with Gasteiger partial charge in [0, 0.05) is 31.0 Å². The van der Waals surface area contributed by atoms with E-state index in [0.29, 0.717) is 18.7 Å². The van der Waals surface area contributed by atoms with E-state index in [9.17, 15) is 19.8 Å². The second kappa shape index (κ2) is 15.3. The molecule has 0 saturated heterocycles. The molecule has 33 heavy (non-hydrogen) atoms. The molecule has 0 spiro atoms. The minimum Gasteiger partial charge on any atom is -0.395 e. The highest BCUT2D eigenvalue weighted by molar-refractivity contribution is 7.98. The third-order valence-corrected chi connectivity index (χ3v) is 6.35. The summed E-state index contributed by atoms with van der Waals surface area (Å²) >= 11 is 1.63. The molecule has 0 radical (unpaired) electrons. The summed E-state index contributed by atoms with van der Waals surface area (Å²) in [5, 5.41) is 22.0. The average molecular weight is 471 g/mol. The van der Waals surface area contributed by atoms with Crippen molar-refractivity contribution in [3.8, 4) is 0 Å². The molecule has 0 saturated carbocycles. The predicted octanol–water partition coefficient (Wildman–Crippen LogP) is 3.00. The first-order valence-electron chi connectivity index (χ1n) is 11.1. The second-order valence-corrected chi connectivity index (χ2v) is 8.87. The maximum Gasteiger partial charge on any atom is 0.224 e. The van der Waals surface area contributed by atoms with Gasteiger partial charge in [0.15, 0.2) is 0 Å². The van der Waals surface area contributed by atoms with Gasteiger partial charge in [0.05, 0.1) is 25.2 Å². The van der Waals surface area contributed by atoms with Crippen molar-refractivity contribution in [2.24, 2.45) is 5.92 Å². The van der Waals surface area contributed by atoms with Crippen LogP contribution in [0.2, 0.25) is 0 Å². The van der Waals surface area contributed by atoms with Crippen molar-refractivity contribution in [1.82, 2.24) is 10.2 Å². The van der Waals surface area contributed by atoms with Crippen LogP contribution < -0.4 is 5.32 Å². The molecule has 0 bridgehead atoms. The molecular weight excluding hydrogens is 436 g/mol. The van der Waals surface area contributed by atoms with Crippen LogP contribution in [0.15, 0.2) is 73.3 Å². The smallest absolute Gasteiger partial charge is 0.224 e. The van der Waals surface area contributed by atoms with E-state index in [2.05, 4.69) is 11.9 Å². The molecule has 2 amide bonds. The minimum atomic E-state index is -0.583. The van der Waals surface area contributed by atoms with Crippen LogP contribution in [-0.4, -0.2) is 58.5 Å². The number of allylic oxidation sites excluding steroid dienone is 1. The Morgan fingerprint density at radius 3 is 2.24 bits per heavy atom. The number of nitrogens with one attached hydrogen (secondary N) is 1. The molecule has 0 aliphatic carbocycles. The first-order valence-corrected chi connectivity index (χ1v) is 12.3. The van der Waals surface area contributed by atoms with Crippen molar-refractivity contribution in [3.05, 3.63) is 84.4 Å². The molecule has 3 N–H and O–H groups in total. The fraction of sp³-hybridized carbons (Fsp3) is 0.385. The summed E-state index contributed by atoms with van der Waals surface area (Å²) in [6.45, 7) is 3.97. The third-order valence-electron chi connectivity index (χ3n) is 5.18. The van der Waals surface area contributed by atoms with Crippen molar-refractivity contribution in [2.45, 2.75) is 31.2 Å². The lowest BCUT2D eigenvalue weighted by molar-refractivity contribution is -0.137. The van der Waals surface area contributed by atoms with Gasteiger partial charge in [-0.25, -0.2) is 0 Å². The van der Waals surface area contributed by atoms with E-state index in [1.807, 2.05) is 60.7 Å². The van der Waals surface area contributed by atoms with E-state index in [0.717, 1.165) is 11.3 Å². The third kappa shape index (κ3) is 9.82. The Morgan fingerprint density at radius 1 is 1.03 bits per heavy atom. The summed E-state index contributed by atoms with van der Waals surface area (Å²) in [6, 6.07) is 19.2. The number of amides is 2. The lowest BCUT2D eigenvalue weighted by Crippen LogP contribution is -2.44. The number of aliphatic hydroxyl groups excluding tert-OH is 2. The summed E-state index contributed by atoms with van der Waals surface area (Å²) in [5.41, 5.74) is 2.14. The minimum absolute atomic E-state index is 0.0139. The van der Waals surface area contributed by atoms with Gasteiger partial charge in [0.1, 0.15) is 0 Å². The van der Waals surface area contributed by atoms with E-state index < -0.39 is 12.0 Å². The fourth-order valence-corrected chi connectivity index (χ4v) is 4.41. The standard InChI is InChI=1S/C26H34N2O4S/c1-2-9-23(16-25(31)28(14-15-29)17-21-10-5-3-6-11-21)26(32)27-24(18-30)20-33-19-22-12-7-4-8-13-22/h2-8,10-13,23-24,29-30H,1,9,14-20H2,(H,27,32)/t23-,24+/m0/s1. The van der Waals surface area contributed by atoms with Gasteiger partial charge in [-0.3, -0.25) is 9.59 Å². The maximum absolute atomic E-state index is 13.0. The van der Waals surface area contributed by atoms with Crippen molar-refractivity contribution >= 4 is 23.6 Å². The van der Waals surface area contributed by atoms with E-state index in [1.54, 1.807) is 22.7 Å². The molecule has 7 heteroatoms. The van der Waals surface area contributed by atoms with Crippen molar-refractivity contribution < 1.29 is 19.8 Å². The van der Waals surface area contributed by atoms with Crippen molar-refractivity contribution in [2.75, 3.05) is 25.5 Å². The Bertz CT molecular complexity index is 848. The van der Waals surface area contributed by atoms with Crippen molar-refractivity contribution in [1.29, 1.82) is 0 Å². The van der Waals surface area contributed by atoms with Crippen LogP contribution in [0.3, 0.4) is 0 Å². The monoisotopic (exact) mass is 470 g/mol. The van der Waals surface area contributed by atoms with Gasteiger partial charge in [0.25, 0.3) is 0 Å². The molecule has 0 aliphatic heterocycles. The highest BCUT2D eigenvalue weighted by Crippen LogP contribution is 2.16. The molecule has 0 heterocycles. The summed E-state index contributed by atoms with van der Waals surface area (Å²) < 4.78 is 0. The number of nitrogens with zero attached hydrogens (tertiary/aromatic N) is 1. The van der Waals surface area contributed by atoms with Crippen LogP contribution in [-0.2, 0) is 21.9 Å². The Balaban J connectivity index is 1.92. The van der Waals surface area contributed by atoms with Gasteiger partial charge in [-0.15, -0.1) is 6.58 Å². The Hall–Kier alpha value is -2.61. The SMILES string of the molecule is C=CC[C@@H](CC(=O)N(CCO)Cc1ccccc1)C(=O)N[C@H](CO)CSCc1ccccc1. The van der Waals surface area contributed by atoms with Crippen LogP contribution >= 0.6 is 11.8 Å². The number of thioether (sulfide) groups is 1. The van der Waals surface area contributed by atoms with Gasteiger partial charge < -0.3 is 20.4 Å². The number of hydrogen-bond acceptors (Lipinski definition) is 5. The number of benzene rings is 2. The topological polar surface area (TPSA) is 89.9 Å². The molecule has 0 aliphatic rings. The van der Waals surface area contributed by atoms with Crippen molar-refractivity contribution in [3.63, 3.8) is 0 Å². The summed E-state index contributed by atoms with van der Waals surface area (Å²) in [5.74, 6) is 0.300. The lowest BCUT2D eigenvalue weighted by Gasteiger charge is -2.25. The highest BCUT2D eigenvalue weighted by atomic mass is 32.2. The zero-order valence-electron chi connectivity index (χ0n) is 18.9. The number of carbonyl (C=O) groups is 2. The molecule has 0 fully saturated rings. The molecular formula is C26H34N2O4S. The lowest BCUT2D eigenvalue weighted by atomic mass is 9.98. The van der Waals surface area contributed by atoms with Crippen LogP contribution in [0, 0.1) is 5.92 Å². The molecule has 0 aromatic heterocycles. The average Bonchev–Trinajstić information content (AvgIpc) is 2.84. The van der Waals surface area contributed by atoms with Gasteiger partial charge in [-0.05, 0) is 17.5 Å². The molecule has 2 aromatic carbocycles. The van der Waals surface area contributed by atoms with E-state index in [1.165, 1.54) is 5.56 Å². The second-order valence-electron chi connectivity index (χ2n) is 7.84. The number of hydrogen-bond donors (Lipinski definition) is 3. The number of aliphatic hydroxyl groups is 2. The fourth-order valence-electron chi connectivity index (χ4n) is 3.39. The van der Waals surface area contributed by atoms with Gasteiger partial charge >= 0.3 is 0 Å². The first-order chi connectivity index (χ1) is 16.1. The predicted molar refractivity (Wildman–Crippen MR) is 133 cm³/mol. The molecule has 6 nitrogen and oxygen atoms in total. The Kier molecular flexibility index (Phi) is 12.3. The van der Waals surface area contributed by atoms with Gasteiger partial charge in [-0.1, -0.05) is 66.7 Å². The summed E-state index contributed by atoms with van der Waals surface area (Å²) in [4.78, 5) is 27.4. The van der Waals surface area contributed by atoms with Gasteiger partial charge in [0.2, 0.25) is 11.8 Å². The van der Waals surface area contributed by atoms with Crippen LogP contribution in [0.5, 0.6) is 0 Å². The largest absolute Gasteiger partial charge is 0.395 e. The zero-order valence-corrected chi connectivity index (χ0v) is 19.8. The zero-order chi connectivity index (χ0) is 23.9. The molecule has 2 atom stereocenters. The molecule has 2 rings (SSSR count). The van der Waals surface area contributed by atoms with Crippen LogP contribution in [0.4, 0.5) is 0 Å². The normalized spacial score (nSPS) is 12.5. The number of carbonyl (C=O) groups excluding carboxylic acids is 2. The van der Waals surface area contributed by atoms with E-state index >= 15 is 0 Å². The molecule has 2 aromatic rings. The summed E-state index contributed by atoms with van der Waals surface area (Å²) in [6.07, 6.45) is 1.99. The molecule has 0 unspecified atom stereocenters. The van der Waals surface area contributed by atoms with E-state index in [4.69, 9.17) is 0 Å². The summed E-state index contributed by atoms with van der Waals surface area (Å²) in [7, 11) is 0. The van der Waals surface area contributed by atoms with Crippen LogP contribution in [0.25, 0.3) is 0 Å². The Morgan fingerprint density at radius 2 is 1.67 bits per heavy atom. The van der Waals surface area contributed by atoms with Gasteiger partial charge in [-0.2, -0.15) is 11.8 Å². The first kappa shape index (κ1) is 26.6. The van der Waals surface area contributed by atoms with E-state index in [-0.39, 0.29) is 38.0 Å². The number of rotatable bonds is 15. The molecule has 178 valence electrons. The van der Waals surface area contributed by atoms with Crippen LogP contribution in [0.1, 0.15) is 24.0 Å². The quantitative estimate of drug-likeness (QED) is 0.348. The highest BCUT2D eigenvalue weighted by Gasteiger charge is 2.25. The Labute approximate surface area is 200 Å².